The van der Waals surface area contributed by atoms with Crippen LogP contribution in [0.25, 0.3) is 5.57 Å². The lowest BCUT2D eigenvalue weighted by Gasteiger charge is -2.36. The Balaban J connectivity index is 1.92. The summed E-state index contributed by atoms with van der Waals surface area (Å²) in [5.41, 5.74) is 1.78. The molecule has 2 aliphatic heterocycles. The fraction of sp³-hybridized carbons (Fsp3) is 0.412. The summed E-state index contributed by atoms with van der Waals surface area (Å²) in [5, 5.41) is 9.03. The fourth-order valence-corrected chi connectivity index (χ4v) is 3.12. The van der Waals surface area contributed by atoms with E-state index in [1.807, 2.05) is 35.2 Å². The van der Waals surface area contributed by atoms with E-state index in [1.54, 1.807) is 0 Å². The van der Waals surface area contributed by atoms with Gasteiger partial charge in [-0.05, 0) is 5.56 Å². The number of imide groups is 1. The number of aliphatic hydroxyl groups is 1. The molecule has 0 aliphatic carbocycles. The van der Waals surface area contributed by atoms with Crippen LogP contribution in [0.2, 0.25) is 0 Å². The van der Waals surface area contributed by atoms with E-state index in [9.17, 15) is 9.59 Å². The molecule has 2 amide bonds. The number of rotatable bonds is 4. The number of aliphatic hydroxyl groups excluding tert-OH is 1. The average molecular weight is 315 g/mol. The van der Waals surface area contributed by atoms with E-state index in [2.05, 4.69) is 4.90 Å². The van der Waals surface area contributed by atoms with Gasteiger partial charge in [0.25, 0.3) is 11.8 Å². The first-order valence-electron chi connectivity index (χ1n) is 7.83. The number of benzene rings is 1. The van der Waals surface area contributed by atoms with Gasteiger partial charge in [-0.1, -0.05) is 30.3 Å². The Kier molecular flexibility index (Phi) is 4.45. The topological polar surface area (TPSA) is 64.1 Å². The van der Waals surface area contributed by atoms with Gasteiger partial charge in [0, 0.05) is 39.8 Å². The monoisotopic (exact) mass is 315 g/mol. The predicted molar refractivity (Wildman–Crippen MR) is 86.2 cm³/mol. The van der Waals surface area contributed by atoms with Crippen LogP contribution in [0.4, 0.5) is 0 Å². The molecule has 23 heavy (non-hydrogen) atoms. The first-order valence-corrected chi connectivity index (χ1v) is 7.83. The van der Waals surface area contributed by atoms with E-state index in [0.29, 0.717) is 30.9 Å². The molecule has 1 saturated heterocycles. The molecule has 0 radical (unpaired) electrons. The summed E-state index contributed by atoms with van der Waals surface area (Å²) < 4.78 is 0. The number of β-amino-alcohol motifs (C(OH)–C–C–N with tert-alkyl or cyclic N) is 1. The molecule has 0 spiro atoms. The number of nitrogens with zero attached hydrogens (tertiary/aromatic N) is 3. The lowest BCUT2D eigenvalue weighted by Crippen LogP contribution is -2.48. The predicted octanol–water partition coefficient (Wildman–Crippen LogP) is 0.00620. The lowest BCUT2D eigenvalue weighted by molar-refractivity contribution is -0.136. The molecule has 2 heterocycles. The molecule has 1 aromatic rings. The van der Waals surface area contributed by atoms with Crippen LogP contribution in [0.1, 0.15) is 5.56 Å². The van der Waals surface area contributed by atoms with Crippen molar-refractivity contribution < 1.29 is 14.7 Å². The minimum atomic E-state index is -0.242. The van der Waals surface area contributed by atoms with Crippen LogP contribution < -0.4 is 0 Å². The first-order chi connectivity index (χ1) is 11.1. The van der Waals surface area contributed by atoms with Gasteiger partial charge in [-0.15, -0.1) is 0 Å². The molecule has 6 nitrogen and oxygen atoms in total. The first kappa shape index (κ1) is 15.7. The van der Waals surface area contributed by atoms with E-state index >= 15 is 0 Å². The van der Waals surface area contributed by atoms with Crippen LogP contribution in [-0.2, 0) is 9.59 Å². The van der Waals surface area contributed by atoms with Gasteiger partial charge < -0.3 is 10.0 Å². The standard InChI is InChI=1S/C17H21N3O3/c1-18-16(22)14(13-5-3-2-4-6-13)15(17(18)23)20-9-7-19(8-10-20)11-12-21/h2-6,21H,7-12H2,1H3. The smallest absolute Gasteiger partial charge is 0.277 e. The van der Waals surface area contributed by atoms with Gasteiger partial charge in [-0.3, -0.25) is 19.4 Å². The van der Waals surface area contributed by atoms with Crippen molar-refractivity contribution in [2.45, 2.75) is 0 Å². The number of likely N-dealkylation sites (N-methyl/N-ethyl adjacent to an activating group) is 1. The molecule has 0 saturated carbocycles. The maximum atomic E-state index is 12.6. The Labute approximate surface area is 135 Å². The molecule has 2 aliphatic rings. The van der Waals surface area contributed by atoms with Crippen molar-refractivity contribution in [1.82, 2.24) is 14.7 Å². The number of amides is 2. The van der Waals surface area contributed by atoms with Crippen molar-refractivity contribution in [2.24, 2.45) is 0 Å². The van der Waals surface area contributed by atoms with Crippen molar-refractivity contribution >= 4 is 17.4 Å². The largest absolute Gasteiger partial charge is 0.395 e. The molecule has 0 atom stereocenters. The van der Waals surface area contributed by atoms with Crippen molar-refractivity contribution in [3.8, 4) is 0 Å². The van der Waals surface area contributed by atoms with Crippen LogP contribution in [0, 0.1) is 0 Å². The lowest BCUT2D eigenvalue weighted by atomic mass is 10.0. The Bertz CT molecular complexity index is 634. The third-order valence-electron chi connectivity index (χ3n) is 4.43. The summed E-state index contributed by atoms with van der Waals surface area (Å²) in [4.78, 5) is 30.4. The van der Waals surface area contributed by atoms with Gasteiger partial charge in [0.1, 0.15) is 5.70 Å². The minimum absolute atomic E-state index is 0.137. The van der Waals surface area contributed by atoms with Crippen LogP contribution in [0.5, 0.6) is 0 Å². The van der Waals surface area contributed by atoms with E-state index in [1.165, 1.54) is 11.9 Å². The van der Waals surface area contributed by atoms with Crippen LogP contribution in [0.15, 0.2) is 36.0 Å². The number of hydrogen-bond donors (Lipinski definition) is 1. The summed E-state index contributed by atoms with van der Waals surface area (Å²) in [5.74, 6) is -0.474. The van der Waals surface area contributed by atoms with Crippen LogP contribution in [-0.4, -0.2) is 78.0 Å². The summed E-state index contributed by atoms with van der Waals surface area (Å²) in [6, 6.07) is 9.36. The van der Waals surface area contributed by atoms with Crippen molar-refractivity contribution in [1.29, 1.82) is 0 Å². The highest BCUT2D eigenvalue weighted by molar-refractivity contribution is 6.35. The third kappa shape index (κ3) is 2.87. The molecule has 3 rings (SSSR count). The SMILES string of the molecule is CN1C(=O)C(c2ccccc2)=C(N2CCN(CCO)CC2)C1=O. The molecule has 1 fully saturated rings. The van der Waals surface area contributed by atoms with Crippen molar-refractivity contribution in [3.63, 3.8) is 0 Å². The molecular formula is C17H21N3O3. The highest BCUT2D eigenvalue weighted by Crippen LogP contribution is 2.31. The average Bonchev–Trinajstić information content (AvgIpc) is 2.81. The molecule has 122 valence electrons. The van der Waals surface area contributed by atoms with Gasteiger partial charge in [0.05, 0.1) is 12.2 Å². The molecular weight excluding hydrogens is 294 g/mol. The van der Waals surface area contributed by atoms with Gasteiger partial charge in [-0.2, -0.15) is 0 Å². The Morgan fingerprint density at radius 3 is 2.26 bits per heavy atom. The summed E-state index contributed by atoms with van der Waals surface area (Å²) in [6.07, 6.45) is 0. The highest BCUT2D eigenvalue weighted by Gasteiger charge is 2.39. The number of carbonyl (C=O) groups is 2. The maximum absolute atomic E-state index is 12.6. The summed E-state index contributed by atoms with van der Waals surface area (Å²) in [6.45, 7) is 3.69. The van der Waals surface area contributed by atoms with Gasteiger partial charge >= 0.3 is 0 Å². The van der Waals surface area contributed by atoms with Gasteiger partial charge in [0.15, 0.2) is 0 Å². The summed E-state index contributed by atoms with van der Waals surface area (Å²) in [7, 11) is 1.53. The van der Waals surface area contributed by atoms with Crippen LogP contribution in [0.3, 0.4) is 0 Å². The Hall–Kier alpha value is -2.18. The zero-order valence-electron chi connectivity index (χ0n) is 13.2. The molecule has 0 bridgehead atoms. The number of carbonyl (C=O) groups excluding carboxylic acids is 2. The second kappa shape index (κ2) is 6.52. The maximum Gasteiger partial charge on any atom is 0.277 e. The van der Waals surface area contributed by atoms with Gasteiger partial charge in [0.2, 0.25) is 0 Å². The fourth-order valence-electron chi connectivity index (χ4n) is 3.12. The summed E-state index contributed by atoms with van der Waals surface area (Å²) >= 11 is 0. The second-order valence-corrected chi connectivity index (χ2v) is 5.81. The second-order valence-electron chi connectivity index (χ2n) is 5.81. The van der Waals surface area contributed by atoms with Crippen molar-refractivity contribution in [2.75, 3.05) is 46.4 Å². The molecule has 0 aromatic heterocycles. The number of hydrogen-bond acceptors (Lipinski definition) is 5. The normalized spacial score (nSPS) is 19.9. The zero-order chi connectivity index (χ0) is 16.4. The zero-order valence-corrected chi connectivity index (χ0v) is 13.2. The molecule has 1 aromatic carbocycles. The van der Waals surface area contributed by atoms with E-state index in [0.717, 1.165) is 18.7 Å². The van der Waals surface area contributed by atoms with E-state index in [4.69, 9.17) is 5.11 Å². The van der Waals surface area contributed by atoms with Crippen LogP contribution >= 0.6 is 0 Å². The highest BCUT2D eigenvalue weighted by atomic mass is 16.3. The molecule has 6 heteroatoms. The Morgan fingerprint density at radius 1 is 1.00 bits per heavy atom. The Morgan fingerprint density at radius 2 is 1.65 bits per heavy atom. The van der Waals surface area contributed by atoms with E-state index in [-0.39, 0.29) is 18.4 Å². The molecule has 1 N–H and O–H groups in total. The van der Waals surface area contributed by atoms with Crippen molar-refractivity contribution in [3.05, 3.63) is 41.6 Å². The number of piperazine rings is 1. The van der Waals surface area contributed by atoms with E-state index < -0.39 is 0 Å². The molecule has 0 unspecified atom stereocenters. The van der Waals surface area contributed by atoms with Gasteiger partial charge in [-0.25, -0.2) is 0 Å². The third-order valence-corrected chi connectivity index (χ3v) is 4.43. The minimum Gasteiger partial charge on any atom is -0.395 e. The quantitative estimate of drug-likeness (QED) is 0.793.